The number of amides is 2. The lowest BCUT2D eigenvalue weighted by Crippen LogP contribution is -2.55. The molecule has 0 radical (unpaired) electrons. The quantitative estimate of drug-likeness (QED) is 0.765. The van der Waals surface area contributed by atoms with E-state index in [9.17, 15) is 14.4 Å². The zero-order valence-electron chi connectivity index (χ0n) is 12.9. The summed E-state index contributed by atoms with van der Waals surface area (Å²) in [6, 6.07) is -0.497. The minimum atomic E-state index is -0.937. The van der Waals surface area contributed by atoms with Gasteiger partial charge in [0.15, 0.2) is 0 Å². The van der Waals surface area contributed by atoms with Gasteiger partial charge in [0.25, 0.3) is 0 Å². The number of carbonyl (C=O) groups excluding carboxylic acids is 2. The molecule has 0 aromatic carbocycles. The largest absolute Gasteiger partial charge is 0.481 e. The normalized spacial score (nSPS) is 24.0. The third-order valence-corrected chi connectivity index (χ3v) is 4.35. The molecule has 2 fully saturated rings. The SMILES string of the molecule is CC(=O)N[C@@H](C(=O)N1CCO[C@@H](CC(=O)O)C1)C1CCCC1. The van der Waals surface area contributed by atoms with Crippen LogP contribution in [0.2, 0.25) is 0 Å². The molecule has 1 heterocycles. The highest BCUT2D eigenvalue weighted by atomic mass is 16.5. The number of hydrogen-bond acceptors (Lipinski definition) is 4. The Hall–Kier alpha value is -1.63. The van der Waals surface area contributed by atoms with Gasteiger partial charge in [0.1, 0.15) is 6.04 Å². The molecule has 2 N–H and O–H groups in total. The van der Waals surface area contributed by atoms with Crippen molar-refractivity contribution in [1.82, 2.24) is 10.2 Å². The fourth-order valence-corrected chi connectivity index (χ4v) is 3.33. The average Bonchev–Trinajstić information content (AvgIpc) is 2.97. The van der Waals surface area contributed by atoms with Crippen LogP contribution in [0.15, 0.2) is 0 Å². The lowest BCUT2D eigenvalue weighted by molar-refractivity contribution is -0.150. The van der Waals surface area contributed by atoms with Crippen molar-refractivity contribution >= 4 is 17.8 Å². The van der Waals surface area contributed by atoms with Gasteiger partial charge in [-0.15, -0.1) is 0 Å². The Morgan fingerprint density at radius 2 is 2.00 bits per heavy atom. The number of ether oxygens (including phenoxy) is 1. The molecule has 0 aromatic heterocycles. The molecule has 2 aliphatic rings. The maximum absolute atomic E-state index is 12.8. The molecule has 2 rings (SSSR count). The third-order valence-electron chi connectivity index (χ3n) is 4.35. The zero-order valence-corrected chi connectivity index (χ0v) is 12.9. The summed E-state index contributed by atoms with van der Waals surface area (Å²) in [5, 5.41) is 11.6. The molecule has 0 aromatic rings. The summed E-state index contributed by atoms with van der Waals surface area (Å²) in [7, 11) is 0. The van der Waals surface area contributed by atoms with Gasteiger partial charge >= 0.3 is 5.97 Å². The minimum Gasteiger partial charge on any atom is -0.481 e. The second kappa shape index (κ2) is 7.58. The summed E-state index contributed by atoms with van der Waals surface area (Å²) in [6.45, 7) is 2.47. The van der Waals surface area contributed by atoms with Gasteiger partial charge in [-0.25, -0.2) is 0 Å². The first-order valence-electron chi connectivity index (χ1n) is 7.86. The predicted octanol–water partition coefficient (Wildman–Crippen LogP) is 0.383. The second-order valence-corrected chi connectivity index (χ2v) is 6.10. The number of hydrogen-bond donors (Lipinski definition) is 2. The van der Waals surface area contributed by atoms with Crippen molar-refractivity contribution in [3.63, 3.8) is 0 Å². The average molecular weight is 312 g/mol. The first kappa shape index (κ1) is 16.7. The molecule has 0 spiro atoms. The van der Waals surface area contributed by atoms with Crippen LogP contribution < -0.4 is 5.32 Å². The topological polar surface area (TPSA) is 95.9 Å². The van der Waals surface area contributed by atoms with E-state index in [1.165, 1.54) is 6.92 Å². The maximum atomic E-state index is 12.8. The zero-order chi connectivity index (χ0) is 16.1. The number of aliphatic carboxylic acids is 1. The van der Waals surface area contributed by atoms with Gasteiger partial charge in [0.2, 0.25) is 11.8 Å². The molecular formula is C15H24N2O5. The van der Waals surface area contributed by atoms with Crippen LogP contribution in [-0.4, -0.2) is 59.6 Å². The van der Waals surface area contributed by atoms with Gasteiger partial charge in [0, 0.05) is 20.0 Å². The van der Waals surface area contributed by atoms with Gasteiger partial charge in [-0.2, -0.15) is 0 Å². The monoisotopic (exact) mass is 312 g/mol. The van der Waals surface area contributed by atoms with E-state index in [1.807, 2.05) is 0 Å². The summed E-state index contributed by atoms with van der Waals surface area (Å²) >= 11 is 0. The number of carboxylic acid groups (broad SMARTS) is 1. The van der Waals surface area contributed by atoms with Crippen LogP contribution in [0, 0.1) is 5.92 Å². The fraction of sp³-hybridized carbons (Fsp3) is 0.800. The first-order valence-corrected chi connectivity index (χ1v) is 7.86. The molecule has 7 nitrogen and oxygen atoms in total. The summed E-state index contributed by atoms with van der Waals surface area (Å²) in [5.41, 5.74) is 0. The fourth-order valence-electron chi connectivity index (χ4n) is 3.33. The van der Waals surface area contributed by atoms with Crippen LogP contribution in [0.5, 0.6) is 0 Å². The number of carboxylic acids is 1. The smallest absolute Gasteiger partial charge is 0.306 e. The van der Waals surface area contributed by atoms with Crippen molar-refractivity contribution in [2.24, 2.45) is 5.92 Å². The molecule has 22 heavy (non-hydrogen) atoms. The molecule has 2 atom stereocenters. The molecule has 124 valence electrons. The Morgan fingerprint density at radius 3 is 2.59 bits per heavy atom. The van der Waals surface area contributed by atoms with E-state index in [2.05, 4.69) is 5.32 Å². The van der Waals surface area contributed by atoms with Crippen molar-refractivity contribution in [3.05, 3.63) is 0 Å². The van der Waals surface area contributed by atoms with E-state index in [0.717, 1.165) is 25.7 Å². The maximum Gasteiger partial charge on any atom is 0.306 e. The van der Waals surface area contributed by atoms with Crippen molar-refractivity contribution in [3.8, 4) is 0 Å². The van der Waals surface area contributed by atoms with Gasteiger partial charge in [0.05, 0.1) is 19.1 Å². The third kappa shape index (κ3) is 4.43. The van der Waals surface area contributed by atoms with Crippen LogP contribution in [0.3, 0.4) is 0 Å². The highest BCUT2D eigenvalue weighted by Crippen LogP contribution is 2.29. The lowest BCUT2D eigenvalue weighted by atomic mass is 9.96. The van der Waals surface area contributed by atoms with Crippen LogP contribution in [0.4, 0.5) is 0 Å². The molecule has 0 bridgehead atoms. The van der Waals surface area contributed by atoms with E-state index in [4.69, 9.17) is 9.84 Å². The van der Waals surface area contributed by atoms with Crippen molar-refractivity contribution in [2.75, 3.05) is 19.7 Å². The Kier molecular flexibility index (Phi) is 5.76. The van der Waals surface area contributed by atoms with E-state index >= 15 is 0 Å². The summed E-state index contributed by atoms with van der Waals surface area (Å²) in [5.74, 6) is -1.08. The molecule has 0 unspecified atom stereocenters. The number of morpholine rings is 1. The molecule has 2 amide bonds. The van der Waals surface area contributed by atoms with Crippen LogP contribution in [0.1, 0.15) is 39.0 Å². The van der Waals surface area contributed by atoms with Gasteiger partial charge in [-0.05, 0) is 18.8 Å². The Bertz CT molecular complexity index is 434. The van der Waals surface area contributed by atoms with Gasteiger partial charge in [-0.1, -0.05) is 12.8 Å². The summed E-state index contributed by atoms with van der Waals surface area (Å²) < 4.78 is 5.39. The molecule has 7 heteroatoms. The van der Waals surface area contributed by atoms with Crippen molar-refractivity contribution in [1.29, 1.82) is 0 Å². The molecule has 1 aliphatic carbocycles. The Balaban J connectivity index is 2.01. The molecule has 1 aliphatic heterocycles. The van der Waals surface area contributed by atoms with E-state index < -0.39 is 18.1 Å². The Morgan fingerprint density at radius 1 is 1.32 bits per heavy atom. The van der Waals surface area contributed by atoms with Crippen molar-refractivity contribution < 1.29 is 24.2 Å². The van der Waals surface area contributed by atoms with Gasteiger partial charge in [-0.3, -0.25) is 14.4 Å². The van der Waals surface area contributed by atoms with Crippen LogP contribution in [0.25, 0.3) is 0 Å². The number of carbonyl (C=O) groups is 3. The minimum absolute atomic E-state index is 0.110. The summed E-state index contributed by atoms with van der Waals surface area (Å²) in [6.07, 6.45) is 3.46. The number of rotatable bonds is 5. The van der Waals surface area contributed by atoms with Gasteiger partial charge < -0.3 is 20.1 Å². The highest BCUT2D eigenvalue weighted by Gasteiger charge is 2.36. The molecule has 1 saturated heterocycles. The number of nitrogens with zero attached hydrogens (tertiary/aromatic N) is 1. The first-order chi connectivity index (χ1) is 10.5. The molecular weight excluding hydrogens is 288 g/mol. The van der Waals surface area contributed by atoms with Crippen LogP contribution in [-0.2, 0) is 19.1 Å². The van der Waals surface area contributed by atoms with Crippen LogP contribution >= 0.6 is 0 Å². The predicted molar refractivity (Wildman–Crippen MR) is 78.1 cm³/mol. The Labute approximate surface area is 130 Å². The number of nitrogens with one attached hydrogen (secondary N) is 1. The van der Waals surface area contributed by atoms with E-state index in [0.29, 0.717) is 13.2 Å². The lowest BCUT2D eigenvalue weighted by Gasteiger charge is -2.36. The highest BCUT2D eigenvalue weighted by molar-refractivity contribution is 5.87. The second-order valence-electron chi connectivity index (χ2n) is 6.10. The van der Waals surface area contributed by atoms with E-state index in [1.54, 1.807) is 4.90 Å². The molecule has 1 saturated carbocycles. The summed E-state index contributed by atoms with van der Waals surface area (Å²) in [4.78, 5) is 36.6. The van der Waals surface area contributed by atoms with E-state index in [-0.39, 0.29) is 30.7 Å². The van der Waals surface area contributed by atoms with Crippen molar-refractivity contribution in [2.45, 2.75) is 51.2 Å². The standard InChI is InChI=1S/C15H24N2O5/c1-10(18)16-14(11-4-2-3-5-11)15(21)17-6-7-22-12(9-17)8-13(19)20/h11-12,14H,2-9H2,1H3,(H,16,18)(H,19,20)/t12-,14+/m0/s1.